The second-order valence-electron chi connectivity index (χ2n) is 6.47. The van der Waals surface area contributed by atoms with Crippen molar-refractivity contribution < 1.29 is 27.4 Å². The molecule has 0 spiro atoms. The number of aromatic nitrogens is 3. The summed E-state index contributed by atoms with van der Waals surface area (Å²) in [4.78, 5) is 26.9. The lowest BCUT2D eigenvalue weighted by Crippen LogP contribution is -2.32. The van der Waals surface area contributed by atoms with E-state index in [0.717, 1.165) is 44.5 Å². The number of alkyl halides is 3. The maximum absolute atomic E-state index is 12.2. The number of amides is 2. The smallest absolute Gasteiger partial charge is 0.467 e. The van der Waals surface area contributed by atoms with Crippen molar-refractivity contribution in [2.24, 2.45) is 0 Å². The molecule has 9 nitrogen and oxygen atoms in total. The van der Waals surface area contributed by atoms with Crippen molar-refractivity contribution in [3.63, 3.8) is 0 Å². The second-order valence-corrected chi connectivity index (χ2v) is 6.47. The normalized spacial score (nSPS) is 14.2. The quantitative estimate of drug-likeness (QED) is 0.732. The molecule has 1 aromatic carbocycles. The van der Waals surface area contributed by atoms with Gasteiger partial charge in [0, 0.05) is 18.8 Å². The minimum atomic E-state index is -4.77. The molecule has 162 valence electrons. The van der Waals surface area contributed by atoms with Gasteiger partial charge in [-0.15, -0.1) is 13.2 Å². The third-order valence-electron chi connectivity index (χ3n) is 4.22. The molecule has 1 saturated heterocycles. The van der Waals surface area contributed by atoms with Crippen LogP contribution >= 0.6 is 0 Å². The number of halogens is 3. The van der Waals surface area contributed by atoms with E-state index < -0.39 is 12.4 Å². The topological polar surface area (TPSA) is 102 Å². The predicted octanol–water partition coefficient (Wildman–Crippen LogP) is 3.09. The molecule has 30 heavy (non-hydrogen) atoms. The Morgan fingerprint density at radius 3 is 2.43 bits per heavy atom. The molecular weight excluding hydrogens is 405 g/mol. The lowest BCUT2D eigenvalue weighted by molar-refractivity contribution is -0.274. The van der Waals surface area contributed by atoms with E-state index in [1.54, 1.807) is 0 Å². The Labute approximate surface area is 170 Å². The van der Waals surface area contributed by atoms with E-state index in [4.69, 9.17) is 4.74 Å². The maximum Gasteiger partial charge on any atom is 0.573 e. The highest BCUT2D eigenvalue weighted by Crippen LogP contribution is 2.24. The van der Waals surface area contributed by atoms with E-state index in [2.05, 4.69) is 30.3 Å². The molecule has 1 aliphatic rings. The van der Waals surface area contributed by atoms with Gasteiger partial charge in [-0.2, -0.15) is 15.0 Å². The highest BCUT2D eigenvalue weighted by atomic mass is 19.4. The van der Waals surface area contributed by atoms with E-state index in [1.807, 2.05) is 4.90 Å². The Morgan fingerprint density at radius 2 is 1.80 bits per heavy atom. The zero-order chi connectivity index (χ0) is 21.6. The number of carbonyl (C=O) groups excluding carboxylic acids is 1. The van der Waals surface area contributed by atoms with E-state index in [0.29, 0.717) is 17.5 Å². The molecule has 0 saturated carbocycles. The molecular formula is C18H21F3N6O3. The molecule has 12 heteroatoms. The highest BCUT2D eigenvalue weighted by molar-refractivity contribution is 5.89. The van der Waals surface area contributed by atoms with Crippen LogP contribution in [0.3, 0.4) is 0 Å². The molecule has 2 aromatic rings. The summed E-state index contributed by atoms with van der Waals surface area (Å²) in [7, 11) is 1.45. The van der Waals surface area contributed by atoms with Crippen LogP contribution in [-0.4, -0.2) is 47.5 Å². The Morgan fingerprint density at radius 1 is 1.10 bits per heavy atom. The molecule has 2 N–H and O–H groups in total. The van der Waals surface area contributed by atoms with E-state index >= 15 is 0 Å². The number of rotatable bonds is 6. The lowest BCUT2D eigenvalue weighted by atomic mass is 10.1. The monoisotopic (exact) mass is 426 g/mol. The van der Waals surface area contributed by atoms with Gasteiger partial charge in [0.15, 0.2) is 5.82 Å². The lowest BCUT2D eigenvalue weighted by Gasteiger charge is -2.26. The van der Waals surface area contributed by atoms with Gasteiger partial charge in [0.1, 0.15) is 5.75 Å². The van der Waals surface area contributed by atoms with Crippen LogP contribution in [0.5, 0.6) is 11.8 Å². The minimum absolute atomic E-state index is 0.0147. The number of anilines is 2. The van der Waals surface area contributed by atoms with Crippen molar-refractivity contribution in [1.29, 1.82) is 0 Å². The zero-order valence-corrected chi connectivity index (χ0v) is 16.2. The van der Waals surface area contributed by atoms with Crippen molar-refractivity contribution in [1.82, 2.24) is 20.3 Å². The van der Waals surface area contributed by atoms with Crippen LogP contribution < -0.4 is 25.0 Å². The summed E-state index contributed by atoms with van der Waals surface area (Å²) in [6.07, 6.45) is -1.50. The molecule has 0 bridgehead atoms. The van der Waals surface area contributed by atoms with Crippen LogP contribution in [0.4, 0.5) is 29.6 Å². The third-order valence-corrected chi connectivity index (χ3v) is 4.22. The van der Waals surface area contributed by atoms with Gasteiger partial charge >= 0.3 is 18.4 Å². The summed E-state index contributed by atoms with van der Waals surface area (Å²) in [5, 5.41) is 5.10. The summed E-state index contributed by atoms with van der Waals surface area (Å²) in [5.41, 5.74) is 0.296. The Balaban J connectivity index is 1.57. The fourth-order valence-electron chi connectivity index (χ4n) is 2.87. The first-order chi connectivity index (χ1) is 14.3. The largest absolute Gasteiger partial charge is 0.573 e. The minimum Gasteiger partial charge on any atom is -0.467 e. The fraction of sp³-hybridized carbons (Fsp3) is 0.444. The SMILES string of the molecule is COc1nc(CNC(=O)Nc2ccc(OC(F)(F)F)cc2)nc(N2CCCCC2)n1. The number of carbonyl (C=O) groups is 1. The van der Waals surface area contributed by atoms with Gasteiger partial charge in [-0.1, -0.05) is 0 Å². The molecule has 2 amide bonds. The number of ether oxygens (including phenoxy) is 2. The van der Waals surface area contributed by atoms with Gasteiger partial charge in [0.05, 0.1) is 13.7 Å². The van der Waals surface area contributed by atoms with Gasteiger partial charge in [0.2, 0.25) is 5.95 Å². The predicted molar refractivity (Wildman–Crippen MR) is 101 cm³/mol. The fourth-order valence-corrected chi connectivity index (χ4v) is 2.87. The van der Waals surface area contributed by atoms with Crippen molar-refractivity contribution in [2.75, 3.05) is 30.4 Å². The van der Waals surface area contributed by atoms with Crippen molar-refractivity contribution in [3.8, 4) is 11.8 Å². The summed E-state index contributed by atoms with van der Waals surface area (Å²) < 4.78 is 45.5. The number of hydrogen-bond donors (Lipinski definition) is 2. The van der Waals surface area contributed by atoms with Crippen molar-refractivity contribution >= 4 is 17.7 Å². The first-order valence-corrected chi connectivity index (χ1v) is 9.27. The van der Waals surface area contributed by atoms with Gasteiger partial charge in [0.25, 0.3) is 0 Å². The van der Waals surface area contributed by atoms with E-state index in [9.17, 15) is 18.0 Å². The van der Waals surface area contributed by atoms with Crippen LogP contribution in [0.25, 0.3) is 0 Å². The standard InChI is InChI=1S/C18H21F3N6O3/c1-29-17-25-14(24-15(26-17)27-9-3-2-4-10-27)11-22-16(28)23-12-5-7-13(8-6-12)30-18(19,20)21/h5-8H,2-4,9-11H2,1H3,(H2,22,23,28). The summed E-state index contributed by atoms with van der Waals surface area (Å²) in [6.45, 7) is 1.70. The number of piperidine rings is 1. The molecule has 2 heterocycles. The van der Waals surface area contributed by atoms with Crippen LogP contribution in [0.15, 0.2) is 24.3 Å². The maximum atomic E-state index is 12.2. The van der Waals surface area contributed by atoms with Gasteiger partial charge in [-0.05, 0) is 43.5 Å². The van der Waals surface area contributed by atoms with E-state index in [-0.39, 0.29) is 18.3 Å². The molecule has 3 rings (SSSR count). The van der Waals surface area contributed by atoms with Crippen LogP contribution in [0.1, 0.15) is 25.1 Å². The summed E-state index contributed by atoms with van der Waals surface area (Å²) >= 11 is 0. The van der Waals surface area contributed by atoms with Crippen LogP contribution in [0, 0.1) is 0 Å². The van der Waals surface area contributed by atoms with Crippen molar-refractivity contribution in [3.05, 3.63) is 30.1 Å². The Kier molecular flexibility index (Phi) is 6.75. The Bertz CT molecular complexity index is 857. The Hall–Kier alpha value is -3.31. The molecule has 1 aliphatic heterocycles. The van der Waals surface area contributed by atoms with Gasteiger partial charge < -0.3 is 25.0 Å². The second kappa shape index (κ2) is 9.46. The molecule has 1 fully saturated rings. The van der Waals surface area contributed by atoms with Gasteiger partial charge in [-0.3, -0.25) is 0 Å². The van der Waals surface area contributed by atoms with Gasteiger partial charge in [-0.25, -0.2) is 4.79 Å². The third kappa shape index (κ3) is 6.36. The van der Waals surface area contributed by atoms with E-state index in [1.165, 1.54) is 19.2 Å². The molecule has 0 unspecified atom stereocenters. The number of benzene rings is 1. The first kappa shape index (κ1) is 21.4. The average molecular weight is 426 g/mol. The zero-order valence-electron chi connectivity index (χ0n) is 16.2. The van der Waals surface area contributed by atoms with Crippen LogP contribution in [0.2, 0.25) is 0 Å². The van der Waals surface area contributed by atoms with Crippen LogP contribution in [-0.2, 0) is 6.54 Å². The highest BCUT2D eigenvalue weighted by Gasteiger charge is 2.31. The number of nitrogens with zero attached hydrogens (tertiary/aromatic N) is 4. The first-order valence-electron chi connectivity index (χ1n) is 9.27. The number of hydrogen-bond acceptors (Lipinski definition) is 7. The average Bonchev–Trinajstić information content (AvgIpc) is 2.73. The summed E-state index contributed by atoms with van der Waals surface area (Å²) in [6, 6.07) is 4.37. The number of methoxy groups -OCH3 is 1. The molecule has 0 atom stereocenters. The number of nitrogens with one attached hydrogen (secondary N) is 2. The molecule has 0 radical (unpaired) electrons. The summed E-state index contributed by atoms with van der Waals surface area (Å²) in [5.74, 6) is 0.446. The molecule has 1 aromatic heterocycles. The number of urea groups is 1. The molecule has 0 aliphatic carbocycles. The van der Waals surface area contributed by atoms with Crippen molar-refractivity contribution in [2.45, 2.75) is 32.2 Å².